The van der Waals surface area contributed by atoms with Crippen molar-refractivity contribution in [2.24, 2.45) is 0 Å². The van der Waals surface area contributed by atoms with Crippen LogP contribution in [0.3, 0.4) is 0 Å². The van der Waals surface area contributed by atoms with Gasteiger partial charge in [-0.25, -0.2) is 8.42 Å². The summed E-state index contributed by atoms with van der Waals surface area (Å²) in [4.78, 5) is 28.2. The molecule has 0 spiro atoms. The molecule has 8 nitrogen and oxygen atoms in total. The van der Waals surface area contributed by atoms with Crippen molar-refractivity contribution in [3.8, 4) is 5.75 Å². The number of rotatable bonds is 11. The number of amides is 2. The number of hydrogen-bond donors (Lipinski definition) is 1. The standard InChI is InChI=1S/C28H32ClN3O5S/c1-5-25(28(34)30-3)31(18-21-10-9-11-23(17-21)37-4)27(33)19-32(26-15-14-22(29)16-20(26)2)38(35,36)24-12-7-6-8-13-24/h6-17,25H,5,18-19H2,1-4H3,(H,30,34). The molecule has 0 saturated heterocycles. The van der Waals surface area contributed by atoms with Crippen LogP contribution in [0.4, 0.5) is 5.69 Å². The van der Waals surface area contributed by atoms with E-state index in [-0.39, 0.29) is 17.3 Å². The lowest BCUT2D eigenvalue weighted by atomic mass is 10.1. The van der Waals surface area contributed by atoms with Gasteiger partial charge in [-0.1, -0.05) is 48.9 Å². The maximum Gasteiger partial charge on any atom is 0.264 e. The van der Waals surface area contributed by atoms with E-state index < -0.39 is 28.5 Å². The Morgan fingerprint density at radius 2 is 1.74 bits per heavy atom. The summed E-state index contributed by atoms with van der Waals surface area (Å²) >= 11 is 6.14. The number of hydrogen-bond acceptors (Lipinski definition) is 5. The first kappa shape index (κ1) is 29.0. The van der Waals surface area contributed by atoms with Crippen LogP contribution in [-0.2, 0) is 26.2 Å². The monoisotopic (exact) mass is 557 g/mol. The fourth-order valence-electron chi connectivity index (χ4n) is 4.19. The van der Waals surface area contributed by atoms with E-state index in [0.29, 0.717) is 28.4 Å². The Bertz CT molecular complexity index is 1380. The molecule has 0 heterocycles. The molecule has 202 valence electrons. The minimum Gasteiger partial charge on any atom is -0.497 e. The molecule has 1 atom stereocenters. The Hall–Kier alpha value is -3.56. The van der Waals surface area contributed by atoms with Gasteiger partial charge in [-0.3, -0.25) is 13.9 Å². The molecular formula is C28H32ClN3O5S. The van der Waals surface area contributed by atoms with Crippen LogP contribution >= 0.6 is 11.6 Å². The first-order chi connectivity index (χ1) is 18.1. The lowest BCUT2D eigenvalue weighted by Crippen LogP contribution is -2.51. The Labute approximate surface area is 229 Å². The van der Waals surface area contributed by atoms with Crippen LogP contribution in [0.25, 0.3) is 0 Å². The molecule has 0 radical (unpaired) electrons. The minimum atomic E-state index is -4.14. The molecule has 3 rings (SSSR count). The van der Waals surface area contributed by atoms with Crippen molar-refractivity contribution >= 4 is 39.1 Å². The van der Waals surface area contributed by atoms with E-state index in [1.54, 1.807) is 75.6 Å². The van der Waals surface area contributed by atoms with Crippen LogP contribution < -0.4 is 14.4 Å². The van der Waals surface area contributed by atoms with Gasteiger partial charge in [0.25, 0.3) is 10.0 Å². The number of carbonyl (C=O) groups is 2. The number of benzene rings is 3. The SMILES string of the molecule is CCC(C(=O)NC)N(Cc1cccc(OC)c1)C(=O)CN(c1ccc(Cl)cc1C)S(=O)(=O)c1ccccc1. The molecule has 3 aromatic carbocycles. The summed E-state index contributed by atoms with van der Waals surface area (Å²) in [6, 6.07) is 19.1. The minimum absolute atomic E-state index is 0.0415. The third kappa shape index (κ3) is 6.65. The van der Waals surface area contributed by atoms with Crippen molar-refractivity contribution < 1.29 is 22.7 Å². The zero-order chi connectivity index (χ0) is 27.9. The summed E-state index contributed by atoms with van der Waals surface area (Å²) in [5, 5.41) is 3.06. The first-order valence-electron chi connectivity index (χ1n) is 12.1. The Balaban J connectivity index is 2.09. The van der Waals surface area contributed by atoms with Crippen molar-refractivity contribution in [1.29, 1.82) is 0 Å². The van der Waals surface area contributed by atoms with E-state index in [9.17, 15) is 18.0 Å². The van der Waals surface area contributed by atoms with Gasteiger partial charge in [-0.05, 0) is 66.9 Å². The Morgan fingerprint density at radius 3 is 2.34 bits per heavy atom. The normalized spacial score (nSPS) is 11.9. The molecule has 0 aliphatic carbocycles. The van der Waals surface area contributed by atoms with Gasteiger partial charge in [0, 0.05) is 18.6 Å². The molecule has 1 unspecified atom stereocenters. The summed E-state index contributed by atoms with van der Waals surface area (Å²) in [5.74, 6) is -0.269. The molecule has 0 aliphatic heterocycles. The molecule has 0 bridgehead atoms. The molecule has 0 saturated carbocycles. The molecule has 2 amide bonds. The third-order valence-electron chi connectivity index (χ3n) is 6.16. The maximum absolute atomic E-state index is 13.9. The lowest BCUT2D eigenvalue weighted by Gasteiger charge is -2.33. The molecule has 10 heteroatoms. The number of nitrogens with zero attached hydrogens (tertiary/aromatic N) is 2. The van der Waals surface area contributed by atoms with Crippen molar-refractivity contribution in [2.45, 2.75) is 37.8 Å². The lowest BCUT2D eigenvalue weighted by molar-refractivity contribution is -0.140. The van der Waals surface area contributed by atoms with Crippen LogP contribution in [0, 0.1) is 6.92 Å². The molecule has 0 aliphatic rings. The highest BCUT2D eigenvalue weighted by Crippen LogP contribution is 2.29. The van der Waals surface area contributed by atoms with E-state index in [2.05, 4.69) is 5.32 Å². The van der Waals surface area contributed by atoms with Crippen LogP contribution in [0.5, 0.6) is 5.75 Å². The van der Waals surface area contributed by atoms with Gasteiger partial charge >= 0.3 is 0 Å². The molecule has 1 N–H and O–H groups in total. The number of ether oxygens (including phenoxy) is 1. The van der Waals surface area contributed by atoms with E-state index >= 15 is 0 Å². The summed E-state index contributed by atoms with van der Waals surface area (Å²) in [5.41, 5.74) is 1.64. The van der Waals surface area contributed by atoms with Crippen molar-refractivity contribution in [2.75, 3.05) is 25.0 Å². The van der Waals surface area contributed by atoms with Crippen molar-refractivity contribution in [3.05, 3.63) is 88.9 Å². The average Bonchev–Trinajstić information content (AvgIpc) is 2.92. The second-order valence-electron chi connectivity index (χ2n) is 8.67. The number of aryl methyl sites for hydroxylation is 1. The molecule has 0 aromatic heterocycles. The van der Waals surface area contributed by atoms with Gasteiger partial charge in [0.05, 0.1) is 17.7 Å². The van der Waals surface area contributed by atoms with Crippen LogP contribution in [0.1, 0.15) is 24.5 Å². The fourth-order valence-corrected chi connectivity index (χ4v) is 5.91. The van der Waals surface area contributed by atoms with Gasteiger partial charge in [0.1, 0.15) is 18.3 Å². The summed E-state index contributed by atoms with van der Waals surface area (Å²) in [6.07, 6.45) is 0.334. The van der Waals surface area contributed by atoms with E-state index in [4.69, 9.17) is 16.3 Å². The van der Waals surface area contributed by atoms with Gasteiger partial charge in [-0.2, -0.15) is 0 Å². The van der Waals surface area contributed by atoms with Gasteiger partial charge < -0.3 is 15.0 Å². The number of nitrogens with one attached hydrogen (secondary N) is 1. The maximum atomic E-state index is 13.9. The first-order valence-corrected chi connectivity index (χ1v) is 13.9. The van der Waals surface area contributed by atoms with Crippen LogP contribution in [-0.4, -0.2) is 51.9 Å². The van der Waals surface area contributed by atoms with Crippen LogP contribution in [0.15, 0.2) is 77.7 Å². The average molecular weight is 558 g/mol. The number of likely N-dealkylation sites (N-methyl/N-ethyl adjacent to an activating group) is 1. The number of carbonyl (C=O) groups excluding carboxylic acids is 2. The fraction of sp³-hybridized carbons (Fsp3) is 0.286. The summed E-state index contributed by atoms with van der Waals surface area (Å²) < 4.78 is 34.0. The summed E-state index contributed by atoms with van der Waals surface area (Å²) in [6.45, 7) is 3.10. The molecular weight excluding hydrogens is 526 g/mol. The highest BCUT2D eigenvalue weighted by Gasteiger charge is 2.34. The molecule has 3 aromatic rings. The second kappa shape index (κ2) is 12.8. The highest BCUT2D eigenvalue weighted by molar-refractivity contribution is 7.92. The Morgan fingerprint density at radius 1 is 1.03 bits per heavy atom. The predicted molar refractivity (Wildman–Crippen MR) is 149 cm³/mol. The van der Waals surface area contributed by atoms with Gasteiger partial charge in [0.2, 0.25) is 11.8 Å². The number of sulfonamides is 1. The Kier molecular flexibility index (Phi) is 9.77. The van der Waals surface area contributed by atoms with Crippen molar-refractivity contribution in [3.63, 3.8) is 0 Å². The van der Waals surface area contributed by atoms with E-state index in [1.165, 1.54) is 24.1 Å². The predicted octanol–water partition coefficient (Wildman–Crippen LogP) is 4.41. The molecule has 38 heavy (non-hydrogen) atoms. The zero-order valence-corrected chi connectivity index (χ0v) is 23.4. The quantitative estimate of drug-likeness (QED) is 0.377. The van der Waals surface area contributed by atoms with Crippen LogP contribution in [0.2, 0.25) is 5.02 Å². The largest absolute Gasteiger partial charge is 0.497 e. The third-order valence-corrected chi connectivity index (χ3v) is 8.17. The summed E-state index contributed by atoms with van der Waals surface area (Å²) in [7, 11) is -1.09. The number of methoxy groups -OCH3 is 1. The second-order valence-corrected chi connectivity index (χ2v) is 11.0. The smallest absolute Gasteiger partial charge is 0.264 e. The molecule has 0 fully saturated rings. The highest BCUT2D eigenvalue weighted by atomic mass is 35.5. The van der Waals surface area contributed by atoms with E-state index in [1.807, 2.05) is 6.07 Å². The van der Waals surface area contributed by atoms with Gasteiger partial charge in [-0.15, -0.1) is 0 Å². The van der Waals surface area contributed by atoms with E-state index in [0.717, 1.165) is 9.87 Å². The topological polar surface area (TPSA) is 96.0 Å². The zero-order valence-electron chi connectivity index (χ0n) is 21.8. The van der Waals surface area contributed by atoms with Gasteiger partial charge in [0.15, 0.2) is 0 Å². The van der Waals surface area contributed by atoms with Crippen molar-refractivity contribution in [1.82, 2.24) is 10.2 Å². The number of anilines is 1. The number of halogens is 1.